The summed E-state index contributed by atoms with van der Waals surface area (Å²) < 4.78 is 5.69. The fourth-order valence-corrected chi connectivity index (χ4v) is 2.51. The van der Waals surface area contributed by atoms with Gasteiger partial charge >= 0.3 is 0 Å². The predicted molar refractivity (Wildman–Crippen MR) is 78.9 cm³/mol. The van der Waals surface area contributed by atoms with Crippen molar-refractivity contribution in [3.63, 3.8) is 0 Å². The smallest absolute Gasteiger partial charge is 0.170 e. The summed E-state index contributed by atoms with van der Waals surface area (Å²) in [5, 5.41) is 7.24. The van der Waals surface area contributed by atoms with Crippen LogP contribution in [0.25, 0.3) is 0 Å². The number of benzene rings is 1. The molecule has 98 valence electrons. The average molecular weight is 264 g/mol. The van der Waals surface area contributed by atoms with E-state index in [4.69, 9.17) is 17.0 Å². The van der Waals surface area contributed by atoms with Crippen LogP contribution in [0.3, 0.4) is 0 Å². The number of rotatable bonds is 2. The van der Waals surface area contributed by atoms with Crippen LogP contribution in [0.1, 0.15) is 26.7 Å². The van der Waals surface area contributed by atoms with Crippen molar-refractivity contribution in [1.29, 1.82) is 0 Å². The lowest BCUT2D eigenvalue weighted by Crippen LogP contribution is -2.46. The number of hydrogen-bond donors (Lipinski definition) is 2. The van der Waals surface area contributed by atoms with Gasteiger partial charge in [0.05, 0.1) is 5.60 Å². The number of anilines is 1. The second-order valence-corrected chi connectivity index (χ2v) is 5.67. The van der Waals surface area contributed by atoms with Gasteiger partial charge in [0.15, 0.2) is 5.11 Å². The normalized spacial score (nSPS) is 22.2. The lowest BCUT2D eigenvalue weighted by molar-refractivity contribution is -0.0603. The van der Waals surface area contributed by atoms with Crippen molar-refractivity contribution in [1.82, 2.24) is 5.32 Å². The summed E-state index contributed by atoms with van der Waals surface area (Å²) in [6.45, 7) is 5.03. The first-order chi connectivity index (χ1) is 8.55. The maximum Gasteiger partial charge on any atom is 0.170 e. The lowest BCUT2D eigenvalue weighted by Gasteiger charge is -2.36. The fraction of sp³-hybridized carbons (Fsp3) is 0.500. The molecule has 18 heavy (non-hydrogen) atoms. The largest absolute Gasteiger partial charge is 0.375 e. The van der Waals surface area contributed by atoms with Crippen LogP contribution in [0.5, 0.6) is 0 Å². The van der Waals surface area contributed by atoms with E-state index >= 15 is 0 Å². The quantitative estimate of drug-likeness (QED) is 0.805. The molecule has 2 N–H and O–H groups in total. The van der Waals surface area contributed by atoms with Crippen molar-refractivity contribution in [3.8, 4) is 0 Å². The van der Waals surface area contributed by atoms with Gasteiger partial charge in [-0.25, -0.2) is 0 Å². The summed E-state index contributed by atoms with van der Waals surface area (Å²) >= 11 is 5.33. The van der Waals surface area contributed by atoms with Gasteiger partial charge in [-0.3, -0.25) is 0 Å². The van der Waals surface area contributed by atoms with Gasteiger partial charge in [-0.15, -0.1) is 0 Å². The van der Waals surface area contributed by atoms with E-state index < -0.39 is 0 Å². The molecule has 1 aromatic rings. The molecule has 0 bridgehead atoms. The minimum atomic E-state index is -0.0573. The Morgan fingerprint density at radius 1 is 1.33 bits per heavy atom. The highest BCUT2D eigenvalue weighted by Crippen LogP contribution is 2.23. The standard InChI is InChI=1S/C14H20N2OS/c1-14(2)10-12(8-9-17-14)16-13(18)15-11-6-4-3-5-7-11/h3-7,12H,8-10H2,1-2H3,(H2,15,16,18). The van der Waals surface area contributed by atoms with E-state index in [2.05, 4.69) is 24.5 Å². The Morgan fingerprint density at radius 3 is 2.72 bits per heavy atom. The van der Waals surface area contributed by atoms with Gasteiger partial charge in [0, 0.05) is 18.3 Å². The van der Waals surface area contributed by atoms with Crippen molar-refractivity contribution in [2.24, 2.45) is 0 Å². The molecule has 0 aromatic heterocycles. The first-order valence-electron chi connectivity index (χ1n) is 6.32. The second kappa shape index (κ2) is 5.67. The number of ether oxygens (including phenoxy) is 1. The highest BCUT2D eigenvalue weighted by atomic mass is 32.1. The van der Waals surface area contributed by atoms with E-state index in [0.717, 1.165) is 25.1 Å². The minimum absolute atomic E-state index is 0.0573. The third-order valence-electron chi connectivity index (χ3n) is 3.06. The molecule has 2 rings (SSSR count). The zero-order valence-corrected chi connectivity index (χ0v) is 11.7. The molecule has 1 aromatic carbocycles. The molecule has 1 saturated heterocycles. The topological polar surface area (TPSA) is 33.3 Å². The Kier molecular flexibility index (Phi) is 4.19. The number of thiocarbonyl (C=S) groups is 1. The Balaban J connectivity index is 1.84. The van der Waals surface area contributed by atoms with E-state index in [1.54, 1.807) is 0 Å². The van der Waals surface area contributed by atoms with Crippen molar-refractivity contribution in [3.05, 3.63) is 30.3 Å². The number of nitrogens with one attached hydrogen (secondary N) is 2. The molecule has 0 aliphatic carbocycles. The summed E-state index contributed by atoms with van der Waals surface area (Å²) in [5.41, 5.74) is 0.958. The summed E-state index contributed by atoms with van der Waals surface area (Å²) in [5.74, 6) is 0. The van der Waals surface area contributed by atoms with Crippen LogP contribution in [-0.2, 0) is 4.74 Å². The molecule has 3 nitrogen and oxygen atoms in total. The summed E-state index contributed by atoms with van der Waals surface area (Å²) in [4.78, 5) is 0. The van der Waals surface area contributed by atoms with Crippen molar-refractivity contribution < 1.29 is 4.74 Å². The van der Waals surface area contributed by atoms with Crippen LogP contribution in [-0.4, -0.2) is 23.4 Å². The summed E-state index contributed by atoms with van der Waals surface area (Å²) in [7, 11) is 0. The maximum absolute atomic E-state index is 5.69. The molecule has 1 heterocycles. The molecular formula is C14H20N2OS. The molecule has 0 spiro atoms. The van der Waals surface area contributed by atoms with Gasteiger partial charge in [0.25, 0.3) is 0 Å². The SMILES string of the molecule is CC1(C)CC(NC(=S)Nc2ccccc2)CCO1. The molecule has 0 amide bonds. The van der Waals surface area contributed by atoms with Gasteiger partial charge in [0.1, 0.15) is 0 Å². The Labute approximate surface area is 114 Å². The van der Waals surface area contributed by atoms with Crippen LogP contribution >= 0.6 is 12.2 Å². The lowest BCUT2D eigenvalue weighted by atomic mass is 9.94. The van der Waals surface area contributed by atoms with Gasteiger partial charge in [-0.05, 0) is 51.0 Å². The third kappa shape index (κ3) is 3.96. The zero-order chi connectivity index (χ0) is 13.0. The molecule has 0 saturated carbocycles. The highest BCUT2D eigenvalue weighted by molar-refractivity contribution is 7.80. The molecule has 1 aliphatic rings. The van der Waals surface area contributed by atoms with Crippen molar-refractivity contribution in [2.45, 2.75) is 38.3 Å². The summed E-state index contributed by atoms with van der Waals surface area (Å²) in [6, 6.07) is 10.4. The zero-order valence-electron chi connectivity index (χ0n) is 10.9. The molecule has 0 radical (unpaired) electrons. The highest BCUT2D eigenvalue weighted by Gasteiger charge is 2.28. The van der Waals surface area contributed by atoms with Crippen molar-refractivity contribution in [2.75, 3.05) is 11.9 Å². The molecule has 4 heteroatoms. The fourth-order valence-electron chi connectivity index (χ4n) is 2.23. The van der Waals surface area contributed by atoms with Gasteiger partial charge in [-0.2, -0.15) is 0 Å². The van der Waals surface area contributed by atoms with Crippen LogP contribution in [0.4, 0.5) is 5.69 Å². The van der Waals surface area contributed by atoms with E-state index in [9.17, 15) is 0 Å². The van der Waals surface area contributed by atoms with Crippen LogP contribution in [0.2, 0.25) is 0 Å². The monoisotopic (exact) mass is 264 g/mol. The molecule has 1 fully saturated rings. The van der Waals surface area contributed by atoms with E-state index in [-0.39, 0.29) is 5.60 Å². The van der Waals surface area contributed by atoms with Gasteiger partial charge in [0.2, 0.25) is 0 Å². The van der Waals surface area contributed by atoms with E-state index in [1.165, 1.54) is 0 Å². The van der Waals surface area contributed by atoms with Gasteiger partial charge < -0.3 is 15.4 Å². The first kappa shape index (κ1) is 13.3. The maximum atomic E-state index is 5.69. The predicted octanol–water partition coefficient (Wildman–Crippen LogP) is 2.93. The number of para-hydroxylation sites is 1. The Morgan fingerprint density at radius 2 is 2.06 bits per heavy atom. The Hall–Kier alpha value is -1.13. The molecule has 1 aliphatic heterocycles. The van der Waals surface area contributed by atoms with Crippen molar-refractivity contribution >= 4 is 23.0 Å². The van der Waals surface area contributed by atoms with Crippen LogP contribution in [0, 0.1) is 0 Å². The third-order valence-corrected chi connectivity index (χ3v) is 3.28. The van der Waals surface area contributed by atoms with Crippen LogP contribution in [0.15, 0.2) is 30.3 Å². The molecule has 1 atom stereocenters. The average Bonchev–Trinajstić information content (AvgIpc) is 2.28. The second-order valence-electron chi connectivity index (χ2n) is 5.26. The van der Waals surface area contributed by atoms with E-state index in [0.29, 0.717) is 11.2 Å². The molecule has 1 unspecified atom stereocenters. The number of hydrogen-bond acceptors (Lipinski definition) is 2. The van der Waals surface area contributed by atoms with Gasteiger partial charge in [-0.1, -0.05) is 18.2 Å². The first-order valence-corrected chi connectivity index (χ1v) is 6.72. The summed E-state index contributed by atoms with van der Waals surface area (Å²) in [6.07, 6.45) is 1.98. The molecular weight excluding hydrogens is 244 g/mol. The minimum Gasteiger partial charge on any atom is -0.375 e. The Bertz CT molecular complexity index is 406. The van der Waals surface area contributed by atoms with E-state index in [1.807, 2.05) is 30.3 Å². The van der Waals surface area contributed by atoms with Crippen LogP contribution < -0.4 is 10.6 Å².